The highest BCUT2D eigenvalue weighted by Gasteiger charge is 2.40. The molecule has 1 aromatic heterocycles. The lowest BCUT2D eigenvalue weighted by molar-refractivity contribution is -0.134. The van der Waals surface area contributed by atoms with Crippen LogP contribution in [0.3, 0.4) is 0 Å². The summed E-state index contributed by atoms with van der Waals surface area (Å²) in [6, 6.07) is 0.586. The molecule has 1 aliphatic carbocycles. The first-order valence-electron chi connectivity index (χ1n) is 9.06. The number of hydrogen-bond acceptors (Lipinski definition) is 5. The van der Waals surface area contributed by atoms with E-state index in [1.807, 2.05) is 11.8 Å². The zero-order chi connectivity index (χ0) is 15.8. The molecule has 134 valence electrons. The van der Waals surface area contributed by atoms with Crippen LogP contribution in [0.5, 0.6) is 0 Å². The molecule has 4 rings (SSSR count). The third-order valence-corrected chi connectivity index (χ3v) is 5.79. The Kier molecular flexibility index (Phi) is 5.45. The van der Waals surface area contributed by atoms with Gasteiger partial charge < -0.3 is 14.7 Å². The van der Waals surface area contributed by atoms with E-state index in [-0.39, 0.29) is 30.3 Å². The lowest BCUT2D eigenvalue weighted by Crippen LogP contribution is -2.48. The van der Waals surface area contributed by atoms with Crippen molar-refractivity contribution in [3.63, 3.8) is 0 Å². The van der Waals surface area contributed by atoms with Crippen LogP contribution < -0.4 is 5.32 Å². The van der Waals surface area contributed by atoms with Crippen molar-refractivity contribution in [2.75, 3.05) is 13.1 Å². The Hall–Kier alpha value is -1.14. The summed E-state index contributed by atoms with van der Waals surface area (Å²) in [7, 11) is 0. The number of halogens is 1. The van der Waals surface area contributed by atoms with Gasteiger partial charge in [-0.2, -0.15) is 4.98 Å². The largest absolute Gasteiger partial charge is 0.341 e. The summed E-state index contributed by atoms with van der Waals surface area (Å²) in [5.74, 6) is 2.54. The minimum Gasteiger partial charge on any atom is -0.341 e. The molecule has 7 heteroatoms. The van der Waals surface area contributed by atoms with Crippen LogP contribution in [0, 0.1) is 12.8 Å². The van der Waals surface area contributed by atoms with Crippen molar-refractivity contribution in [3.05, 3.63) is 11.7 Å². The number of aryl methyl sites for hydroxylation is 1. The van der Waals surface area contributed by atoms with E-state index < -0.39 is 0 Å². The average Bonchev–Trinajstić information content (AvgIpc) is 3.20. The maximum atomic E-state index is 12.9. The van der Waals surface area contributed by atoms with Crippen molar-refractivity contribution in [2.45, 2.75) is 69.9 Å². The van der Waals surface area contributed by atoms with Crippen molar-refractivity contribution >= 4 is 18.3 Å². The molecule has 1 N–H and O–H groups in total. The molecule has 1 saturated carbocycles. The molecular weight excluding hydrogens is 328 g/mol. The number of carbonyl (C=O) groups excluding carboxylic acids is 1. The van der Waals surface area contributed by atoms with Gasteiger partial charge in [0.15, 0.2) is 5.82 Å². The monoisotopic (exact) mass is 354 g/mol. The summed E-state index contributed by atoms with van der Waals surface area (Å²) in [5, 5.41) is 7.49. The van der Waals surface area contributed by atoms with Gasteiger partial charge in [0.1, 0.15) is 0 Å². The lowest BCUT2D eigenvalue weighted by Gasteiger charge is -2.33. The standard InChI is InChI=1S/C17H26N4O2.ClH/c1-11-18-16(23-20-11)13-6-4-8-21(10-13)17(22)15-9-12-5-2-3-7-14(12)19-15;/h12-15,19H,2-10H2,1H3;1H. The maximum absolute atomic E-state index is 12.9. The summed E-state index contributed by atoms with van der Waals surface area (Å²) in [4.78, 5) is 19.3. The van der Waals surface area contributed by atoms with Gasteiger partial charge in [0.25, 0.3) is 0 Å². The SMILES string of the molecule is Cc1noc(C2CCCN(C(=O)C3CC4CCCCC4N3)C2)n1.Cl. The zero-order valence-electron chi connectivity index (χ0n) is 14.2. The van der Waals surface area contributed by atoms with E-state index in [1.165, 1.54) is 25.7 Å². The van der Waals surface area contributed by atoms with Crippen molar-refractivity contribution < 1.29 is 9.32 Å². The fraction of sp³-hybridized carbons (Fsp3) is 0.824. The number of fused-ring (bicyclic) bond motifs is 1. The second kappa shape index (κ2) is 7.40. The number of rotatable bonds is 2. The molecule has 1 aromatic rings. The predicted octanol–water partition coefficient (Wildman–Crippen LogP) is 2.43. The summed E-state index contributed by atoms with van der Waals surface area (Å²) < 4.78 is 5.32. The van der Waals surface area contributed by atoms with Gasteiger partial charge in [0.2, 0.25) is 11.8 Å². The van der Waals surface area contributed by atoms with Gasteiger partial charge in [-0.1, -0.05) is 18.0 Å². The number of hydrogen-bond donors (Lipinski definition) is 1. The van der Waals surface area contributed by atoms with E-state index in [2.05, 4.69) is 15.5 Å². The van der Waals surface area contributed by atoms with E-state index in [0.717, 1.165) is 25.8 Å². The number of likely N-dealkylation sites (tertiary alicyclic amines) is 1. The van der Waals surface area contributed by atoms with Gasteiger partial charge in [0.05, 0.1) is 12.0 Å². The Labute approximate surface area is 149 Å². The molecule has 1 amide bonds. The van der Waals surface area contributed by atoms with Gasteiger partial charge in [0, 0.05) is 19.1 Å². The Morgan fingerprint density at radius 1 is 1.25 bits per heavy atom. The number of nitrogens with one attached hydrogen (secondary N) is 1. The third-order valence-electron chi connectivity index (χ3n) is 5.79. The molecular formula is C17H27ClN4O2. The predicted molar refractivity (Wildman–Crippen MR) is 92.1 cm³/mol. The summed E-state index contributed by atoms with van der Waals surface area (Å²) in [6.45, 7) is 3.41. The van der Waals surface area contributed by atoms with E-state index in [4.69, 9.17) is 4.52 Å². The van der Waals surface area contributed by atoms with Crippen LogP contribution in [0.1, 0.15) is 62.6 Å². The molecule has 3 aliphatic rings. The van der Waals surface area contributed by atoms with Crippen molar-refractivity contribution in [3.8, 4) is 0 Å². The molecule has 3 fully saturated rings. The van der Waals surface area contributed by atoms with Crippen LogP contribution in [0.4, 0.5) is 0 Å². The minimum absolute atomic E-state index is 0. The van der Waals surface area contributed by atoms with Gasteiger partial charge >= 0.3 is 0 Å². The molecule has 0 radical (unpaired) electrons. The number of piperidine rings is 1. The summed E-state index contributed by atoms with van der Waals surface area (Å²) in [6.07, 6.45) is 8.20. The molecule has 2 aliphatic heterocycles. The highest BCUT2D eigenvalue weighted by molar-refractivity contribution is 5.85. The molecule has 0 aromatic carbocycles. The first-order valence-corrected chi connectivity index (χ1v) is 9.06. The quantitative estimate of drug-likeness (QED) is 0.883. The maximum Gasteiger partial charge on any atom is 0.239 e. The Bertz CT molecular complexity index is 565. The molecule has 24 heavy (non-hydrogen) atoms. The lowest BCUT2D eigenvalue weighted by atomic mass is 9.85. The smallest absolute Gasteiger partial charge is 0.239 e. The van der Waals surface area contributed by atoms with Crippen LogP contribution in [0.15, 0.2) is 4.52 Å². The number of aromatic nitrogens is 2. The molecule has 2 saturated heterocycles. The van der Waals surface area contributed by atoms with Crippen LogP contribution >= 0.6 is 12.4 Å². The summed E-state index contributed by atoms with van der Waals surface area (Å²) >= 11 is 0. The van der Waals surface area contributed by atoms with Crippen LogP contribution in [-0.2, 0) is 4.79 Å². The average molecular weight is 355 g/mol. The van der Waals surface area contributed by atoms with Crippen molar-refractivity contribution in [2.24, 2.45) is 5.92 Å². The number of carbonyl (C=O) groups is 1. The van der Waals surface area contributed by atoms with E-state index >= 15 is 0 Å². The minimum atomic E-state index is 0. The van der Waals surface area contributed by atoms with Crippen LogP contribution in [0.25, 0.3) is 0 Å². The highest BCUT2D eigenvalue weighted by atomic mass is 35.5. The Morgan fingerprint density at radius 2 is 2.08 bits per heavy atom. The zero-order valence-corrected chi connectivity index (χ0v) is 15.1. The fourth-order valence-corrected chi connectivity index (χ4v) is 4.59. The van der Waals surface area contributed by atoms with E-state index in [9.17, 15) is 4.79 Å². The normalized spacial score (nSPS) is 33.0. The first kappa shape index (κ1) is 17.7. The van der Waals surface area contributed by atoms with Crippen LogP contribution in [0.2, 0.25) is 0 Å². The van der Waals surface area contributed by atoms with E-state index in [0.29, 0.717) is 30.2 Å². The molecule has 4 atom stereocenters. The highest BCUT2D eigenvalue weighted by Crippen LogP contribution is 2.34. The molecule has 0 spiro atoms. The van der Waals surface area contributed by atoms with Crippen molar-refractivity contribution in [1.82, 2.24) is 20.4 Å². The topological polar surface area (TPSA) is 71.3 Å². The van der Waals surface area contributed by atoms with Gasteiger partial charge in [-0.25, -0.2) is 0 Å². The van der Waals surface area contributed by atoms with Crippen molar-refractivity contribution in [1.29, 1.82) is 0 Å². The summed E-state index contributed by atoms with van der Waals surface area (Å²) in [5.41, 5.74) is 0. The van der Waals surface area contributed by atoms with E-state index in [1.54, 1.807) is 0 Å². The van der Waals surface area contributed by atoms with Crippen LogP contribution in [-0.4, -0.2) is 46.1 Å². The molecule has 4 unspecified atom stereocenters. The number of amides is 1. The second-order valence-electron chi connectivity index (χ2n) is 7.41. The third kappa shape index (κ3) is 3.45. The number of nitrogens with zero attached hydrogens (tertiary/aromatic N) is 3. The van der Waals surface area contributed by atoms with Gasteiger partial charge in [-0.05, 0) is 44.9 Å². The molecule has 0 bridgehead atoms. The fourth-order valence-electron chi connectivity index (χ4n) is 4.59. The first-order chi connectivity index (χ1) is 11.2. The molecule has 3 heterocycles. The van der Waals surface area contributed by atoms with Gasteiger partial charge in [-0.15, -0.1) is 12.4 Å². The van der Waals surface area contributed by atoms with Gasteiger partial charge in [-0.3, -0.25) is 4.79 Å². The molecule has 6 nitrogen and oxygen atoms in total. The second-order valence-corrected chi connectivity index (χ2v) is 7.41. The Morgan fingerprint density at radius 3 is 2.83 bits per heavy atom. The Balaban J connectivity index is 0.00000169.